The van der Waals surface area contributed by atoms with Crippen LogP contribution >= 0.6 is 11.3 Å². The third kappa shape index (κ3) is 1.80. The molecule has 70 valence electrons. The van der Waals surface area contributed by atoms with Gasteiger partial charge in [-0.2, -0.15) is 0 Å². The van der Waals surface area contributed by atoms with Gasteiger partial charge in [0.25, 0.3) is 0 Å². The molecule has 1 aromatic carbocycles. The summed E-state index contributed by atoms with van der Waals surface area (Å²) >= 11 is 1.55. The van der Waals surface area contributed by atoms with Crippen LogP contribution in [0.4, 0.5) is 0 Å². The molecule has 4 heteroatoms. The van der Waals surface area contributed by atoms with Crippen molar-refractivity contribution in [2.75, 3.05) is 0 Å². The van der Waals surface area contributed by atoms with Gasteiger partial charge in [0.15, 0.2) is 0 Å². The van der Waals surface area contributed by atoms with E-state index in [4.69, 9.17) is 0 Å². The molecule has 1 heterocycles. The number of fused-ring (bicyclic) bond motifs is 1. The normalized spacial score (nSPS) is 11.1. The Labute approximate surface area is 84.4 Å². The molecule has 0 saturated heterocycles. The SMILES string of the molecule is O=[N+]([O-])/C=C\c1cc2ccccc2s1. The van der Waals surface area contributed by atoms with Crippen LogP contribution in [0.1, 0.15) is 4.88 Å². The average molecular weight is 205 g/mol. The number of nitro groups is 1. The Kier molecular flexibility index (Phi) is 2.28. The molecule has 0 aliphatic heterocycles. The van der Waals surface area contributed by atoms with Gasteiger partial charge in [-0.1, -0.05) is 18.2 Å². The first-order chi connectivity index (χ1) is 6.75. The molecule has 0 saturated carbocycles. The Balaban J connectivity index is 2.40. The van der Waals surface area contributed by atoms with E-state index in [1.807, 2.05) is 30.3 Å². The molecule has 0 unspecified atom stereocenters. The van der Waals surface area contributed by atoms with Crippen molar-refractivity contribution in [3.63, 3.8) is 0 Å². The van der Waals surface area contributed by atoms with Gasteiger partial charge in [-0.25, -0.2) is 0 Å². The molecule has 0 aliphatic rings. The first kappa shape index (κ1) is 8.90. The summed E-state index contributed by atoms with van der Waals surface area (Å²) in [6, 6.07) is 9.86. The summed E-state index contributed by atoms with van der Waals surface area (Å²) < 4.78 is 1.15. The fourth-order valence-electron chi connectivity index (χ4n) is 1.22. The van der Waals surface area contributed by atoms with Crippen LogP contribution in [0.25, 0.3) is 16.2 Å². The molecule has 0 fully saturated rings. The number of thiophene rings is 1. The fraction of sp³-hybridized carbons (Fsp3) is 0. The zero-order valence-electron chi connectivity index (χ0n) is 7.21. The number of rotatable bonds is 2. The molecule has 2 aromatic rings. The van der Waals surface area contributed by atoms with E-state index in [0.717, 1.165) is 21.2 Å². The summed E-state index contributed by atoms with van der Waals surface area (Å²) in [6.07, 6.45) is 2.48. The van der Waals surface area contributed by atoms with E-state index >= 15 is 0 Å². The maximum absolute atomic E-state index is 10.1. The van der Waals surface area contributed by atoms with Crippen LogP contribution in [0.15, 0.2) is 36.5 Å². The van der Waals surface area contributed by atoms with Gasteiger partial charge in [0.2, 0.25) is 6.20 Å². The van der Waals surface area contributed by atoms with Gasteiger partial charge in [-0.3, -0.25) is 10.1 Å². The van der Waals surface area contributed by atoms with Crippen molar-refractivity contribution >= 4 is 27.5 Å². The van der Waals surface area contributed by atoms with Crippen molar-refractivity contribution in [3.05, 3.63) is 51.5 Å². The highest BCUT2D eigenvalue weighted by Crippen LogP contribution is 2.25. The molecular weight excluding hydrogens is 198 g/mol. The Morgan fingerprint density at radius 1 is 1.36 bits per heavy atom. The lowest BCUT2D eigenvalue weighted by Gasteiger charge is -1.82. The highest BCUT2D eigenvalue weighted by Gasteiger charge is 1.98. The van der Waals surface area contributed by atoms with E-state index in [1.165, 1.54) is 6.08 Å². The minimum absolute atomic E-state index is 0.454. The van der Waals surface area contributed by atoms with Gasteiger partial charge in [-0.15, -0.1) is 11.3 Å². The largest absolute Gasteiger partial charge is 0.259 e. The minimum Gasteiger partial charge on any atom is -0.259 e. The van der Waals surface area contributed by atoms with E-state index in [2.05, 4.69) is 0 Å². The van der Waals surface area contributed by atoms with Crippen LogP contribution in [0.3, 0.4) is 0 Å². The summed E-state index contributed by atoms with van der Waals surface area (Å²) in [5.74, 6) is 0. The van der Waals surface area contributed by atoms with Crippen molar-refractivity contribution in [2.24, 2.45) is 0 Å². The standard InChI is InChI=1S/C10H7NO2S/c12-11(13)6-5-9-7-8-3-1-2-4-10(8)14-9/h1-7H/b6-5-. The third-order valence-electron chi connectivity index (χ3n) is 1.81. The van der Waals surface area contributed by atoms with Gasteiger partial charge in [0.05, 0.1) is 4.92 Å². The van der Waals surface area contributed by atoms with E-state index in [1.54, 1.807) is 11.3 Å². The lowest BCUT2D eigenvalue weighted by molar-refractivity contribution is -0.400. The average Bonchev–Trinajstić information content (AvgIpc) is 2.57. The van der Waals surface area contributed by atoms with Crippen LogP contribution in [0, 0.1) is 10.1 Å². The molecule has 14 heavy (non-hydrogen) atoms. The second kappa shape index (κ2) is 3.59. The maximum Gasteiger partial charge on any atom is 0.235 e. The van der Waals surface area contributed by atoms with Gasteiger partial charge in [0, 0.05) is 15.7 Å². The highest BCUT2D eigenvalue weighted by molar-refractivity contribution is 7.19. The van der Waals surface area contributed by atoms with Gasteiger partial charge >= 0.3 is 0 Å². The van der Waals surface area contributed by atoms with Crippen LogP contribution in [0.2, 0.25) is 0 Å². The number of hydrogen-bond donors (Lipinski definition) is 0. The Morgan fingerprint density at radius 2 is 2.14 bits per heavy atom. The number of benzene rings is 1. The van der Waals surface area contributed by atoms with Crippen molar-refractivity contribution < 1.29 is 4.92 Å². The predicted molar refractivity (Wildman–Crippen MR) is 57.9 cm³/mol. The Morgan fingerprint density at radius 3 is 2.86 bits per heavy atom. The second-order valence-electron chi connectivity index (χ2n) is 2.79. The zero-order chi connectivity index (χ0) is 9.97. The van der Waals surface area contributed by atoms with Crippen molar-refractivity contribution in [2.45, 2.75) is 0 Å². The monoisotopic (exact) mass is 205 g/mol. The minimum atomic E-state index is -0.454. The lowest BCUT2D eigenvalue weighted by atomic mass is 10.2. The molecule has 1 aromatic heterocycles. The van der Waals surface area contributed by atoms with Crippen molar-refractivity contribution in [1.82, 2.24) is 0 Å². The maximum atomic E-state index is 10.1. The van der Waals surface area contributed by atoms with E-state index in [0.29, 0.717) is 0 Å². The summed E-state index contributed by atoms with van der Waals surface area (Å²) in [5, 5.41) is 11.2. The molecule has 0 aliphatic carbocycles. The fourth-order valence-corrected chi connectivity index (χ4v) is 2.18. The molecule has 0 amide bonds. The topological polar surface area (TPSA) is 43.1 Å². The smallest absolute Gasteiger partial charge is 0.235 e. The second-order valence-corrected chi connectivity index (χ2v) is 3.90. The Bertz CT molecular complexity index is 469. The molecular formula is C10H7NO2S. The summed E-state index contributed by atoms with van der Waals surface area (Å²) in [4.78, 5) is 10.6. The number of hydrogen-bond acceptors (Lipinski definition) is 3. The first-order valence-corrected chi connectivity index (χ1v) is 4.87. The highest BCUT2D eigenvalue weighted by atomic mass is 32.1. The zero-order valence-corrected chi connectivity index (χ0v) is 8.03. The summed E-state index contributed by atoms with van der Waals surface area (Å²) in [7, 11) is 0. The third-order valence-corrected chi connectivity index (χ3v) is 2.89. The van der Waals surface area contributed by atoms with Gasteiger partial charge in [-0.05, 0) is 17.5 Å². The molecule has 3 nitrogen and oxygen atoms in total. The number of nitrogens with zero attached hydrogens (tertiary/aromatic N) is 1. The molecule has 0 atom stereocenters. The quantitative estimate of drug-likeness (QED) is 0.558. The van der Waals surface area contributed by atoms with Crippen LogP contribution < -0.4 is 0 Å². The van der Waals surface area contributed by atoms with E-state index in [-0.39, 0.29) is 0 Å². The van der Waals surface area contributed by atoms with Crippen LogP contribution in [-0.4, -0.2) is 4.92 Å². The molecule has 0 bridgehead atoms. The van der Waals surface area contributed by atoms with Crippen LogP contribution in [0.5, 0.6) is 0 Å². The van der Waals surface area contributed by atoms with Crippen LogP contribution in [-0.2, 0) is 0 Å². The van der Waals surface area contributed by atoms with E-state index < -0.39 is 4.92 Å². The molecule has 2 rings (SSSR count). The van der Waals surface area contributed by atoms with E-state index in [9.17, 15) is 10.1 Å². The first-order valence-electron chi connectivity index (χ1n) is 4.06. The van der Waals surface area contributed by atoms with Gasteiger partial charge < -0.3 is 0 Å². The summed E-state index contributed by atoms with van der Waals surface area (Å²) in [5.41, 5.74) is 0. The Hall–Kier alpha value is -1.68. The summed E-state index contributed by atoms with van der Waals surface area (Å²) in [6.45, 7) is 0. The molecule has 0 spiro atoms. The molecule has 0 N–H and O–H groups in total. The van der Waals surface area contributed by atoms with Crippen molar-refractivity contribution in [1.29, 1.82) is 0 Å². The predicted octanol–water partition coefficient (Wildman–Crippen LogP) is 3.15. The lowest BCUT2D eigenvalue weighted by Crippen LogP contribution is -1.80. The van der Waals surface area contributed by atoms with Crippen molar-refractivity contribution in [3.8, 4) is 0 Å². The molecule has 0 radical (unpaired) electrons. The van der Waals surface area contributed by atoms with Gasteiger partial charge in [0.1, 0.15) is 0 Å².